The lowest BCUT2D eigenvalue weighted by molar-refractivity contribution is 0.123. The lowest BCUT2D eigenvalue weighted by atomic mass is 9.93. The molecule has 2 nitrogen and oxygen atoms in total. The summed E-state index contributed by atoms with van der Waals surface area (Å²) in [6.07, 6.45) is 1.11. The van der Waals surface area contributed by atoms with Crippen molar-refractivity contribution in [3.8, 4) is 0 Å². The third-order valence-electron chi connectivity index (χ3n) is 3.83. The molecular formula is C15H23NO. The van der Waals surface area contributed by atoms with E-state index in [0.717, 1.165) is 19.5 Å². The molecule has 0 spiro atoms. The Kier molecular flexibility index (Phi) is 3.85. The largest absolute Gasteiger partial charge is 0.395 e. The summed E-state index contributed by atoms with van der Waals surface area (Å²) in [5, 5.41) is 9.24. The Bertz CT molecular complexity index is 387. The smallest absolute Gasteiger partial charge is 0.0584 e. The summed E-state index contributed by atoms with van der Waals surface area (Å²) >= 11 is 0. The number of fused-ring (bicyclic) bond motifs is 1. The predicted octanol–water partition coefficient (Wildman–Crippen LogP) is 2.55. The van der Waals surface area contributed by atoms with Gasteiger partial charge in [-0.2, -0.15) is 0 Å². The van der Waals surface area contributed by atoms with Crippen LogP contribution in [0.2, 0.25) is 0 Å². The molecule has 1 aromatic carbocycles. The second-order valence-electron chi connectivity index (χ2n) is 5.43. The van der Waals surface area contributed by atoms with Gasteiger partial charge in [-0.15, -0.1) is 0 Å². The monoisotopic (exact) mass is 233 g/mol. The molecule has 2 heteroatoms. The molecule has 0 saturated carbocycles. The first-order valence-electron chi connectivity index (χ1n) is 6.58. The zero-order chi connectivity index (χ0) is 12.4. The van der Waals surface area contributed by atoms with Gasteiger partial charge in [0.2, 0.25) is 0 Å². The van der Waals surface area contributed by atoms with E-state index in [4.69, 9.17) is 0 Å². The van der Waals surface area contributed by atoms with Crippen molar-refractivity contribution >= 4 is 0 Å². The fourth-order valence-electron chi connectivity index (χ4n) is 2.45. The normalized spacial score (nSPS) is 18.2. The van der Waals surface area contributed by atoms with Crippen LogP contribution in [0.15, 0.2) is 18.2 Å². The van der Waals surface area contributed by atoms with Crippen LogP contribution in [-0.4, -0.2) is 29.2 Å². The molecule has 17 heavy (non-hydrogen) atoms. The van der Waals surface area contributed by atoms with Gasteiger partial charge in [0.05, 0.1) is 6.61 Å². The topological polar surface area (TPSA) is 23.5 Å². The maximum absolute atomic E-state index is 9.24. The highest BCUT2D eigenvalue weighted by Crippen LogP contribution is 2.24. The molecule has 2 rings (SSSR count). The van der Waals surface area contributed by atoms with Crippen molar-refractivity contribution in [2.45, 2.75) is 45.7 Å². The first-order valence-corrected chi connectivity index (χ1v) is 6.58. The van der Waals surface area contributed by atoms with Gasteiger partial charge in [0.1, 0.15) is 0 Å². The van der Waals surface area contributed by atoms with Crippen LogP contribution in [0.3, 0.4) is 0 Å². The van der Waals surface area contributed by atoms with Crippen molar-refractivity contribution in [1.29, 1.82) is 0 Å². The lowest BCUT2D eigenvalue weighted by Gasteiger charge is -2.33. The minimum atomic E-state index is 0.249. The van der Waals surface area contributed by atoms with Crippen molar-refractivity contribution in [2.75, 3.05) is 13.2 Å². The Morgan fingerprint density at radius 1 is 1.24 bits per heavy atom. The number of rotatable bonds is 3. The van der Waals surface area contributed by atoms with Gasteiger partial charge in [-0.05, 0) is 36.0 Å². The molecule has 0 aliphatic carbocycles. The van der Waals surface area contributed by atoms with Crippen LogP contribution in [0.4, 0.5) is 0 Å². The van der Waals surface area contributed by atoms with E-state index in [2.05, 4.69) is 43.9 Å². The van der Waals surface area contributed by atoms with Gasteiger partial charge in [0.25, 0.3) is 0 Å². The number of aliphatic hydroxyl groups is 1. The van der Waals surface area contributed by atoms with Crippen LogP contribution >= 0.6 is 0 Å². The lowest BCUT2D eigenvalue weighted by Crippen LogP contribution is -2.39. The Hall–Kier alpha value is -0.860. The highest BCUT2D eigenvalue weighted by Gasteiger charge is 2.20. The molecule has 1 aromatic rings. The van der Waals surface area contributed by atoms with Gasteiger partial charge in [-0.25, -0.2) is 0 Å². The van der Waals surface area contributed by atoms with Gasteiger partial charge in [0.15, 0.2) is 0 Å². The molecular weight excluding hydrogens is 210 g/mol. The average molecular weight is 233 g/mol. The van der Waals surface area contributed by atoms with E-state index in [1.165, 1.54) is 16.7 Å². The molecule has 1 aliphatic heterocycles. The molecule has 0 amide bonds. The quantitative estimate of drug-likeness (QED) is 0.867. The van der Waals surface area contributed by atoms with Crippen molar-refractivity contribution in [3.63, 3.8) is 0 Å². The Balaban J connectivity index is 2.20. The summed E-state index contributed by atoms with van der Waals surface area (Å²) in [6.45, 7) is 8.86. The maximum Gasteiger partial charge on any atom is 0.0584 e. The van der Waals surface area contributed by atoms with Crippen LogP contribution in [0.5, 0.6) is 0 Å². The molecule has 0 aromatic heterocycles. The maximum atomic E-state index is 9.24. The predicted molar refractivity (Wildman–Crippen MR) is 71.2 cm³/mol. The molecule has 1 heterocycles. The van der Waals surface area contributed by atoms with Crippen molar-refractivity contribution in [3.05, 3.63) is 34.9 Å². The first-order chi connectivity index (χ1) is 8.11. The molecule has 0 unspecified atom stereocenters. The highest BCUT2D eigenvalue weighted by molar-refractivity contribution is 5.35. The Morgan fingerprint density at radius 2 is 2.00 bits per heavy atom. The molecule has 1 aliphatic rings. The molecule has 94 valence electrons. The third-order valence-corrected chi connectivity index (χ3v) is 3.83. The molecule has 0 radical (unpaired) electrons. The Morgan fingerprint density at radius 3 is 2.65 bits per heavy atom. The zero-order valence-electron chi connectivity index (χ0n) is 11.1. The number of aliphatic hydroxyl groups excluding tert-OH is 1. The van der Waals surface area contributed by atoms with E-state index in [1.54, 1.807) is 0 Å². The van der Waals surface area contributed by atoms with Gasteiger partial charge in [0, 0.05) is 19.1 Å². The summed E-state index contributed by atoms with van der Waals surface area (Å²) in [6, 6.07) is 7.15. The number of benzene rings is 1. The van der Waals surface area contributed by atoms with Crippen LogP contribution in [0.1, 0.15) is 43.4 Å². The zero-order valence-corrected chi connectivity index (χ0v) is 11.1. The van der Waals surface area contributed by atoms with Gasteiger partial charge >= 0.3 is 0 Å². The van der Waals surface area contributed by atoms with Crippen molar-refractivity contribution < 1.29 is 5.11 Å². The number of nitrogens with zero attached hydrogens (tertiary/aromatic N) is 1. The van der Waals surface area contributed by atoms with Crippen molar-refractivity contribution in [1.82, 2.24) is 4.90 Å². The van der Waals surface area contributed by atoms with Crippen molar-refractivity contribution in [2.24, 2.45) is 0 Å². The highest BCUT2D eigenvalue weighted by atomic mass is 16.3. The van der Waals surface area contributed by atoms with Gasteiger partial charge < -0.3 is 5.11 Å². The molecule has 0 saturated heterocycles. The molecule has 0 bridgehead atoms. The van der Waals surface area contributed by atoms with E-state index in [-0.39, 0.29) is 12.6 Å². The van der Waals surface area contributed by atoms with Crippen LogP contribution < -0.4 is 0 Å². The van der Waals surface area contributed by atoms with Crippen LogP contribution in [0, 0.1) is 0 Å². The van der Waals surface area contributed by atoms with Gasteiger partial charge in [-0.1, -0.05) is 32.0 Å². The second-order valence-corrected chi connectivity index (χ2v) is 5.43. The van der Waals surface area contributed by atoms with Gasteiger partial charge in [-0.3, -0.25) is 4.90 Å². The summed E-state index contributed by atoms with van der Waals surface area (Å²) in [7, 11) is 0. The summed E-state index contributed by atoms with van der Waals surface area (Å²) in [5.41, 5.74) is 4.35. The SMILES string of the molecule is CC(C)c1ccc2c(c1)CN([C@@H](C)CO)CC2. The summed E-state index contributed by atoms with van der Waals surface area (Å²) in [5.74, 6) is 0.589. The Labute approximate surface area is 104 Å². The van der Waals surface area contributed by atoms with E-state index in [9.17, 15) is 5.11 Å². The van der Waals surface area contributed by atoms with E-state index in [0.29, 0.717) is 5.92 Å². The van der Waals surface area contributed by atoms with Crippen LogP contribution in [-0.2, 0) is 13.0 Å². The minimum absolute atomic E-state index is 0.249. The first kappa shape index (κ1) is 12.6. The average Bonchev–Trinajstić information content (AvgIpc) is 2.36. The third kappa shape index (κ3) is 2.70. The summed E-state index contributed by atoms with van der Waals surface area (Å²) in [4.78, 5) is 2.37. The minimum Gasteiger partial charge on any atom is -0.395 e. The molecule has 0 fully saturated rings. The molecule has 1 N–H and O–H groups in total. The molecule has 1 atom stereocenters. The van der Waals surface area contributed by atoms with Crippen LogP contribution in [0.25, 0.3) is 0 Å². The van der Waals surface area contributed by atoms with E-state index >= 15 is 0 Å². The fourth-order valence-corrected chi connectivity index (χ4v) is 2.45. The number of hydrogen-bond donors (Lipinski definition) is 1. The van der Waals surface area contributed by atoms with E-state index in [1.807, 2.05) is 0 Å². The van der Waals surface area contributed by atoms with E-state index < -0.39 is 0 Å². The summed E-state index contributed by atoms with van der Waals surface area (Å²) < 4.78 is 0. The standard InChI is InChI=1S/C15H23NO/c1-11(2)14-5-4-13-6-7-16(12(3)10-17)9-15(13)8-14/h4-5,8,11-12,17H,6-7,9-10H2,1-3H3/t12-/m0/s1. The number of hydrogen-bond acceptors (Lipinski definition) is 2. The second kappa shape index (κ2) is 5.19. The fraction of sp³-hybridized carbons (Fsp3) is 0.600.